The van der Waals surface area contributed by atoms with Crippen LogP contribution in [0.5, 0.6) is 11.5 Å². The first-order chi connectivity index (χ1) is 21.7. The molecule has 0 fully saturated rings. The molecule has 0 bridgehead atoms. The van der Waals surface area contributed by atoms with Gasteiger partial charge >= 0.3 is 0 Å². The Balaban J connectivity index is 1.27. The van der Waals surface area contributed by atoms with E-state index >= 15 is 0 Å². The van der Waals surface area contributed by atoms with E-state index in [2.05, 4.69) is 120 Å². The van der Waals surface area contributed by atoms with Crippen LogP contribution in [0.25, 0.3) is 44.4 Å². The Kier molecular flexibility index (Phi) is 7.04. The van der Waals surface area contributed by atoms with E-state index in [0.29, 0.717) is 5.92 Å². The lowest BCUT2D eigenvalue weighted by Gasteiger charge is -2.15. The monoisotopic (exact) mass is 590 g/mol. The van der Waals surface area contributed by atoms with Crippen molar-refractivity contribution < 1.29 is 4.74 Å². The van der Waals surface area contributed by atoms with Gasteiger partial charge in [-0.2, -0.15) is 5.10 Å². The second-order valence-corrected chi connectivity index (χ2v) is 12.5. The van der Waals surface area contributed by atoms with Gasteiger partial charge in [-0.3, -0.25) is 4.57 Å². The number of pyridine rings is 1. The lowest BCUT2D eigenvalue weighted by atomic mass is 9.89. The molecule has 7 rings (SSSR count). The minimum Gasteiger partial charge on any atom is -0.457 e. The Labute approximate surface area is 264 Å². The molecular weight excluding hydrogens is 552 g/mol. The summed E-state index contributed by atoms with van der Waals surface area (Å²) in [5.74, 6) is 2.91. The summed E-state index contributed by atoms with van der Waals surface area (Å²) >= 11 is 0. The highest BCUT2D eigenvalue weighted by atomic mass is 16.5. The van der Waals surface area contributed by atoms with Crippen molar-refractivity contribution in [3.05, 3.63) is 131 Å². The van der Waals surface area contributed by atoms with Crippen LogP contribution in [0.2, 0.25) is 0 Å². The third-order valence-corrected chi connectivity index (χ3v) is 8.84. The van der Waals surface area contributed by atoms with Crippen molar-refractivity contribution >= 4 is 21.8 Å². The Morgan fingerprint density at radius 2 is 1.40 bits per heavy atom. The minimum absolute atomic E-state index is 0.493. The van der Waals surface area contributed by atoms with E-state index < -0.39 is 0 Å². The highest BCUT2D eigenvalue weighted by Crippen LogP contribution is 2.37. The summed E-state index contributed by atoms with van der Waals surface area (Å²) in [6.45, 7) is 15.3. The van der Waals surface area contributed by atoms with Crippen molar-refractivity contribution in [3.8, 4) is 34.1 Å². The van der Waals surface area contributed by atoms with Gasteiger partial charge in [-0.25, -0.2) is 9.67 Å². The van der Waals surface area contributed by atoms with Gasteiger partial charge in [0.2, 0.25) is 0 Å². The second kappa shape index (κ2) is 11.1. The predicted octanol–water partition coefficient (Wildman–Crippen LogP) is 10.5. The van der Waals surface area contributed by atoms with Crippen LogP contribution >= 0.6 is 0 Å². The van der Waals surface area contributed by atoms with Crippen LogP contribution in [0.3, 0.4) is 0 Å². The Morgan fingerprint density at radius 3 is 2.16 bits per heavy atom. The number of hydrogen-bond donors (Lipinski definition) is 0. The maximum Gasteiger partial charge on any atom is 0.137 e. The average molecular weight is 591 g/mol. The molecule has 3 aromatic heterocycles. The summed E-state index contributed by atoms with van der Waals surface area (Å²) < 4.78 is 10.8. The molecule has 224 valence electrons. The van der Waals surface area contributed by atoms with Crippen LogP contribution in [0.1, 0.15) is 53.4 Å². The number of rotatable bonds is 6. The maximum absolute atomic E-state index is 6.52. The largest absolute Gasteiger partial charge is 0.457 e. The fourth-order valence-corrected chi connectivity index (χ4v) is 6.70. The number of fused-ring (bicyclic) bond motifs is 3. The Morgan fingerprint density at radius 1 is 0.667 bits per heavy atom. The van der Waals surface area contributed by atoms with Gasteiger partial charge in [0.05, 0.1) is 22.4 Å². The molecule has 0 saturated carbocycles. The topological polar surface area (TPSA) is 44.9 Å². The minimum atomic E-state index is 0.493. The third kappa shape index (κ3) is 4.98. The van der Waals surface area contributed by atoms with E-state index in [-0.39, 0.29) is 0 Å². The zero-order valence-electron chi connectivity index (χ0n) is 27.0. The van der Waals surface area contributed by atoms with E-state index in [1.807, 2.05) is 35.1 Å². The summed E-state index contributed by atoms with van der Waals surface area (Å²) in [6, 6.07) is 31.7. The van der Waals surface area contributed by atoms with Crippen LogP contribution in [0, 0.1) is 34.6 Å². The molecule has 3 heterocycles. The molecule has 0 amide bonds. The average Bonchev–Trinajstić information content (AvgIpc) is 3.50. The molecule has 0 saturated heterocycles. The highest BCUT2D eigenvalue weighted by molar-refractivity contribution is 6.09. The van der Waals surface area contributed by atoms with E-state index in [0.717, 1.165) is 50.8 Å². The van der Waals surface area contributed by atoms with E-state index in [4.69, 9.17) is 14.8 Å². The first-order valence-corrected chi connectivity index (χ1v) is 15.6. The molecule has 5 heteroatoms. The fraction of sp³-hybridized carbons (Fsp3) is 0.200. The summed E-state index contributed by atoms with van der Waals surface area (Å²) in [6.07, 6.45) is 1.87. The first kappa shape index (κ1) is 28.6. The number of aromatic nitrogens is 4. The predicted molar refractivity (Wildman–Crippen MR) is 185 cm³/mol. The van der Waals surface area contributed by atoms with Gasteiger partial charge in [-0.05, 0) is 111 Å². The molecule has 0 radical (unpaired) electrons. The standard InChI is InChI=1S/C40H38N4O/c1-24(2)30-20-26(4)39(27(5)21-30)40-28(6)42-44(29(40)7)31-11-10-12-32(22-31)45-33-15-16-35-34-13-8-9-14-36(34)43(37(35)23-33)38-19-25(3)17-18-41-38/h8-24H,1-7H3. The van der Waals surface area contributed by atoms with Crippen molar-refractivity contribution in [2.45, 2.75) is 54.4 Å². The van der Waals surface area contributed by atoms with E-state index in [1.165, 1.54) is 38.8 Å². The van der Waals surface area contributed by atoms with E-state index in [1.54, 1.807) is 0 Å². The number of nitrogens with zero attached hydrogens (tertiary/aromatic N) is 4. The van der Waals surface area contributed by atoms with Crippen LogP contribution in [-0.4, -0.2) is 19.3 Å². The van der Waals surface area contributed by atoms with Crippen LogP contribution < -0.4 is 4.74 Å². The fourth-order valence-electron chi connectivity index (χ4n) is 6.70. The summed E-state index contributed by atoms with van der Waals surface area (Å²) in [4.78, 5) is 4.72. The molecule has 4 aromatic carbocycles. The molecule has 0 N–H and O–H groups in total. The summed E-state index contributed by atoms with van der Waals surface area (Å²) in [5.41, 5.74) is 12.9. The molecule has 0 unspecified atom stereocenters. The summed E-state index contributed by atoms with van der Waals surface area (Å²) in [5, 5.41) is 7.37. The van der Waals surface area contributed by atoms with Crippen LogP contribution in [0.4, 0.5) is 0 Å². The lowest BCUT2D eigenvalue weighted by molar-refractivity contribution is 0.482. The number of aryl methyl sites for hydroxylation is 4. The van der Waals surface area contributed by atoms with Crippen molar-refractivity contribution in [3.63, 3.8) is 0 Å². The molecule has 0 spiro atoms. The van der Waals surface area contributed by atoms with Gasteiger partial charge in [0.25, 0.3) is 0 Å². The quantitative estimate of drug-likeness (QED) is 0.194. The number of ether oxygens (including phenoxy) is 1. The number of para-hydroxylation sites is 1. The second-order valence-electron chi connectivity index (χ2n) is 12.5. The van der Waals surface area contributed by atoms with Crippen LogP contribution in [-0.2, 0) is 0 Å². The van der Waals surface area contributed by atoms with Gasteiger partial charge in [0.1, 0.15) is 17.3 Å². The Bertz CT molecular complexity index is 2210. The highest BCUT2D eigenvalue weighted by Gasteiger charge is 2.20. The van der Waals surface area contributed by atoms with Crippen molar-refractivity contribution in [2.24, 2.45) is 0 Å². The molecule has 0 aliphatic rings. The smallest absolute Gasteiger partial charge is 0.137 e. The molecule has 0 aliphatic heterocycles. The molecule has 0 atom stereocenters. The van der Waals surface area contributed by atoms with Crippen molar-refractivity contribution in [2.75, 3.05) is 0 Å². The lowest BCUT2D eigenvalue weighted by Crippen LogP contribution is -2.00. The van der Waals surface area contributed by atoms with Crippen molar-refractivity contribution in [1.82, 2.24) is 19.3 Å². The summed E-state index contributed by atoms with van der Waals surface area (Å²) in [7, 11) is 0. The third-order valence-electron chi connectivity index (χ3n) is 8.84. The first-order valence-electron chi connectivity index (χ1n) is 15.6. The van der Waals surface area contributed by atoms with Gasteiger partial charge in [0, 0.05) is 40.4 Å². The SMILES string of the molecule is Cc1ccnc(-n2c3ccccc3c3ccc(Oc4cccc(-n5nc(C)c(-c6c(C)cc(C(C)C)cc6C)c5C)c4)cc32)c1. The van der Waals surface area contributed by atoms with Gasteiger partial charge < -0.3 is 4.74 Å². The van der Waals surface area contributed by atoms with Gasteiger partial charge in [-0.1, -0.05) is 50.2 Å². The molecule has 45 heavy (non-hydrogen) atoms. The normalized spacial score (nSPS) is 11.6. The van der Waals surface area contributed by atoms with Gasteiger partial charge in [-0.15, -0.1) is 0 Å². The maximum atomic E-state index is 6.52. The van der Waals surface area contributed by atoms with Crippen LogP contribution in [0.15, 0.2) is 97.2 Å². The molecule has 5 nitrogen and oxygen atoms in total. The van der Waals surface area contributed by atoms with Gasteiger partial charge in [0.15, 0.2) is 0 Å². The zero-order valence-corrected chi connectivity index (χ0v) is 27.0. The molecule has 0 aliphatic carbocycles. The molecular formula is C40H38N4O. The van der Waals surface area contributed by atoms with Crippen molar-refractivity contribution in [1.29, 1.82) is 0 Å². The van der Waals surface area contributed by atoms with E-state index in [9.17, 15) is 0 Å². The number of benzene rings is 4. The molecule has 7 aromatic rings. The zero-order chi connectivity index (χ0) is 31.4. The Hall–Kier alpha value is -5.16. The number of hydrogen-bond acceptors (Lipinski definition) is 3.